The van der Waals surface area contributed by atoms with Gasteiger partial charge in [-0.2, -0.15) is 0 Å². The van der Waals surface area contributed by atoms with Gasteiger partial charge < -0.3 is 0 Å². The van der Waals surface area contributed by atoms with E-state index < -0.39 is 21.7 Å². The zero-order valence-electron chi connectivity index (χ0n) is 15.3. The molecule has 0 aliphatic rings. The minimum Gasteiger partial charge on any atom is -0.234 e. The molecule has 6 nitrogen and oxygen atoms in total. The summed E-state index contributed by atoms with van der Waals surface area (Å²) in [6.07, 6.45) is 4.87. The van der Waals surface area contributed by atoms with Crippen molar-refractivity contribution in [2.75, 3.05) is 6.26 Å². The minimum atomic E-state index is -4.01. The Balaban J connectivity index is 1.99. The molecule has 0 aliphatic carbocycles. The predicted octanol–water partition coefficient (Wildman–Crippen LogP) is 4.04. The normalized spacial score (nSPS) is 11.9. The maximum atomic E-state index is 13.9. The van der Waals surface area contributed by atoms with Crippen LogP contribution < -0.4 is 0 Å². The van der Waals surface area contributed by atoms with Crippen LogP contribution in [0.1, 0.15) is 5.56 Å². The van der Waals surface area contributed by atoms with E-state index in [0.717, 1.165) is 39.8 Å². The Hall–Kier alpha value is -2.85. The molecule has 0 aliphatic heterocycles. The summed E-state index contributed by atoms with van der Waals surface area (Å²) in [6.45, 7) is 1.85. The second kappa shape index (κ2) is 7.20. The molecular weight excluding hydrogens is 418 g/mol. The Morgan fingerprint density at radius 2 is 1.79 bits per heavy atom. The summed E-state index contributed by atoms with van der Waals surface area (Å²) in [6, 6.07) is 7.49. The third-order valence-corrected chi connectivity index (χ3v) is 6.64. The third-order valence-electron chi connectivity index (χ3n) is 4.30. The topological polar surface area (TPSA) is 77.7 Å². The first-order valence-electron chi connectivity index (χ1n) is 8.37. The monoisotopic (exact) mass is 432 g/mol. The van der Waals surface area contributed by atoms with Crippen molar-refractivity contribution in [1.29, 1.82) is 0 Å². The highest BCUT2D eigenvalue weighted by Gasteiger charge is 2.24. The van der Waals surface area contributed by atoms with E-state index in [1.165, 1.54) is 18.3 Å². The lowest BCUT2D eigenvalue weighted by Gasteiger charge is -2.07. The van der Waals surface area contributed by atoms with Gasteiger partial charge in [0.15, 0.2) is 17.3 Å². The molecule has 3 heterocycles. The first-order valence-corrected chi connectivity index (χ1v) is 11.0. The summed E-state index contributed by atoms with van der Waals surface area (Å²) in [5.41, 5.74) is 1.17. The van der Waals surface area contributed by atoms with Crippen LogP contribution in [0.2, 0.25) is 0 Å². The van der Waals surface area contributed by atoms with E-state index in [4.69, 9.17) is 0 Å². The molecule has 0 N–H and O–H groups in total. The van der Waals surface area contributed by atoms with Crippen molar-refractivity contribution < 1.29 is 17.2 Å². The fraction of sp³-hybridized carbons (Fsp3) is 0.105. The molecule has 4 aromatic rings. The molecule has 0 bridgehead atoms. The van der Waals surface area contributed by atoms with E-state index >= 15 is 0 Å². The number of nitrogens with zero attached hydrogens (tertiary/aromatic N) is 4. The zero-order chi connectivity index (χ0) is 20.8. The minimum absolute atomic E-state index is 0.0283. The lowest BCUT2D eigenvalue weighted by Crippen LogP contribution is -2.12. The van der Waals surface area contributed by atoms with Crippen LogP contribution in [0.4, 0.5) is 8.78 Å². The molecule has 0 radical (unpaired) electrons. The molecule has 0 saturated carbocycles. The van der Waals surface area contributed by atoms with Crippen LogP contribution >= 0.6 is 11.8 Å². The molecule has 29 heavy (non-hydrogen) atoms. The zero-order valence-corrected chi connectivity index (χ0v) is 16.9. The largest absolute Gasteiger partial charge is 0.269 e. The molecule has 0 spiro atoms. The number of hydrogen-bond acceptors (Lipinski definition) is 6. The number of halogens is 2. The molecule has 0 fully saturated rings. The van der Waals surface area contributed by atoms with E-state index in [9.17, 15) is 17.2 Å². The number of thioether (sulfide) groups is 1. The molecule has 148 valence electrons. The standard InChI is InChI=1S/C19H14F2N4O2S2/c1-11-3-5-13(6-4-11)29(26,27)25-10-15(14-7-12(20)8-23-18(14)25)17-22-9-16(21)19(24-17)28-2/h3-10H,1-2H3. The molecule has 0 saturated heterocycles. The summed E-state index contributed by atoms with van der Waals surface area (Å²) in [7, 11) is -4.01. The third kappa shape index (κ3) is 3.38. The maximum Gasteiger partial charge on any atom is 0.269 e. The summed E-state index contributed by atoms with van der Waals surface area (Å²) < 4.78 is 55.0. The highest BCUT2D eigenvalue weighted by atomic mass is 32.2. The highest BCUT2D eigenvalue weighted by Crippen LogP contribution is 2.32. The van der Waals surface area contributed by atoms with E-state index in [1.807, 2.05) is 6.92 Å². The van der Waals surface area contributed by atoms with Gasteiger partial charge >= 0.3 is 0 Å². The quantitative estimate of drug-likeness (QED) is 0.358. The number of hydrogen-bond donors (Lipinski definition) is 0. The van der Waals surface area contributed by atoms with Gasteiger partial charge in [-0.05, 0) is 31.4 Å². The van der Waals surface area contributed by atoms with Crippen LogP contribution in [0.25, 0.3) is 22.4 Å². The van der Waals surface area contributed by atoms with Crippen molar-refractivity contribution in [2.24, 2.45) is 0 Å². The lowest BCUT2D eigenvalue weighted by atomic mass is 10.2. The molecule has 1 aromatic carbocycles. The molecule has 10 heteroatoms. The molecule has 0 atom stereocenters. The van der Waals surface area contributed by atoms with Crippen LogP contribution in [0.15, 0.2) is 58.8 Å². The SMILES string of the molecule is CSc1nc(-c2cn(S(=O)(=O)c3ccc(C)cc3)c3ncc(F)cc23)ncc1F. The number of aryl methyl sites for hydroxylation is 1. The van der Waals surface area contributed by atoms with E-state index in [1.54, 1.807) is 18.4 Å². The summed E-state index contributed by atoms with van der Waals surface area (Å²) >= 11 is 1.08. The van der Waals surface area contributed by atoms with Crippen molar-refractivity contribution in [3.05, 3.63) is 66.1 Å². The maximum absolute atomic E-state index is 13.9. The Morgan fingerprint density at radius 1 is 1.07 bits per heavy atom. The van der Waals surface area contributed by atoms with E-state index in [0.29, 0.717) is 0 Å². The van der Waals surface area contributed by atoms with Gasteiger partial charge in [-0.25, -0.2) is 36.1 Å². The second-order valence-electron chi connectivity index (χ2n) is 6.23. The smallest absolute Gasteiger partial charge is 0.234 e. The average Bonchev–Trinajstić information content (AvgIpc) is 3.08. The lowest BCUT2D eigenvalue weighted by molar-refractivity contribution is 0.580. The van der Waals surface area contributed by atoms with Crippen LogP contribution in [-0.4, -0.2) is 33.6 Å². The molecule has 0 amide bonds. The first kappa shape index (κ1) is 19.5. The van der Waals surface area contributed by atoms with Gasteiger partial charge in [0.05, 0.1) is 17.3 Å². The fourth-order valence-corrected chi connectivity index (χ4v) is 4.61. The number of rotatable bonds is 4. The van der Waals surface area contributed by atoms with Gasteiger partial charge in [0.2, 0.25) is 0 Å². The number of aromatic nitrogens is 4. The Labute approximate surface area is 169 Å². The number of pyridine rings is 1. The van der Waals surface area contributed by atoms with Gasteiger partial charge in [0.1, 0.15) is 10.8 Å². The number of fused-ring (bicyclic) bond motifs is 1. The highest BCUT2D eigenvalue weighted by molar-refractivity contribution is 7.98. The summed E-state index contributed by atoms with van der Waals surface area (Å²) in [4.78, 5) is 12.1. The van der Waals surface area contributed by atoms with Crippen LogP contribution in [0.3, 0.4) is 0 Å². The molecule has 3 aromatic heterocycles. The predicted molar refractivity (Wildman–Crippen MR) is 106 cm³/mol. The molecular formula is C19H14F2N4O2S2. The molecule has 4 rings (SSSR count). The van der Waals surface area contributed by atoms with Crippen molar-refractivity contribution >= 4 is 32.8 Å². The first-order chi connectivity index (χ1) is 13.8. The van der Waals surface area contributed by atoms with Gasteiger partial charge in [0.25, 0.3) is 10.0 Å². The van der Waals surface area contributed by atoms with Crippen LogP contribution in [0, 0.1) is 18.6 Å². The van der Waals surface area contributed by atoms with Crippen molar-refractivity contribution in [1.82, 2.24) is 18.9 Å². The molecule has 0 unspecified atom stereocenters. The van der Waals surface area contributed by atoms with Gasteiger partial charge in [-0.15, -0.1) is 11.8 Å². The summed E-state index contributed by atoms with van der Waals surface area (Å²) in [5.74, 6) is -1.16. The van der Waals surface area contributed by atoms with Gasteiger partial charge in [0, 0.05) is 17.1 Å². The van der Waals surface area contributed by atoms with Crippen molar-refractivity contribution in [2.45, 2.75) is 16.8 Å². The fourth-order valence-electron chi connectivity index (χ4n) is 2.86. The second-order valence-corrected chi connectivity index (χ2v) is 8.84. The number of benzene rings is 1. The Bertz CT molecular complexity index is 1340. The van der Waals surface area contributed by atoms with Crippen LogP contribution in [-0.2, 0) is 10.0 Å². The van der Waals surface area contributed by atoms with Crippen molar-refractivity contribution in [3.8, 4) is 11.4 Å². The van der Waals surface area contributed by atoms with E-state index in [2.05, 4.69) is 15.0 Å². The van der Waals surface area contributed by atoms with E-state index in [-0.39, 0.29) is 32.3 Å². The summed E-state index contributed by atoms with van der Waals surface area (Å²) in [5, 5.41) is 0.306. The van der Waals surface area contributed by atoms with Gasteiger partial charge in [-0.1, -0.05) is 17.7 Å². The van der Waals surface area contributed by atoms with Gasteiger partial charge in [-0.3, -0.25) is 0 Å². The van der Waals surface area contributed by atoms with Crippen LogP contribution in [0.5, 0.6) is 0 Å². The van der Waals surface area contributed by atoms with Crippen molar-refractivity contribution in [3.63, 3.8) is 0 Å². The average molecular weight is 432 g/mol. The Morgan fingerprint density at radius 3 is 2.48 bits per heavy atom. The Kier molecular flexibility index (Phi) is 4.83.